The molecule has 31 heavy (non-hydrogen) atoms. The van der Waals surface area contributed by atoms with Gasteiger partial charge in [-0.3, -0.25) is 0 Å². The third-order valence-electron chi connectivity index (χ3n) is 7.09. The van der Waals surface area contributed by atoms with Crippen LogP contribution in [0, 0.1) is 23.5 Å². The van der Waals surface area contributed by atoms with E-state index in [0.717, 1.165) is 68.4 Å². The highest BCUT2D eigenvalue weighted by Crippen LogP contribution is 2.49. The highest BCUT2D eigenvalue weighted by Gasteiger charge is 2.37. The summed E-state index contributed by atoms with van der Waals surface area (Å²) in [6, 6.07) is 5.50. The molecule has 2 aromatic carbocycles. The Morgan fingerprint density at radius 1 is 1.03 bits per heavy atom. The smallest absolute Gasteiger partial charge is 0.206 e. The number of fused-ring (bicyclic) bond motifs is 3. The predicted octanol–water partition coefficient (Wildman–Crippen LogP) is 8.45. The molecule has 0 aliphatic heterocycles. The molecule has 4 rings (SSSR count). The van der Waals surface area contributed by atoms with Crippen molar-refractivity contribution in [1.29, 1.82) is 0 Å². The van der Waals surface area contributed by atoms with E-state index < -0.39 is 23.4 Å². The van der Waals surface area contributed by atoms with E-state index >= 15 is 8.78 Å². The first kappa shape index (κ1) is 22.0. The van der Waals surface area contributed by atoms with E-state index in [1.807, 2.05) is 6.92 Å². The normalized spacial score (nSPS) is 23.6. The van der Waals surface area contributed by atoms with Gasteiger partial charge in [0, 0.05) is 0 Å². The Hall–Kier alpha value is -2.17. The molecule has 0 N–H and O–H groups in total. The summed E-state index contributed by atoms with van der Waals surface area (Å²) >= 11 is 0. The molecule has 1 fully saturated rings. The van der Waals surface area contributed by atoms with Gasteiger partial charge >= 0.3 is 6.18 Å². The van der Waals surface area contributed by atoms with E-state index in [1.165, 1.54) is 6.07 Å². The average Bonchev–Trinajstić information content (AvgIpc) is 2.73. The molecule has 166 valence electrons. The molecule has 0 bridgehead atoms. The lowest BCUT2D eigenvalue weighted by molar-refractivity contribution is -0.137. The van der Waals surface area contributed by atoms with Crippen LogP contribution in [0.3, 0.4) is 0 Å². The van der Waals surface area contributed by atoms with Crippen molar-refractivity contribution in [2.24, 2.45) is 11.8 Å². The molecule has 0 radical (unpaired) electrons. The second kappa shape index (κ2) is 8.76. The fourth-order valence-electron chi connectivity index (χ4n) is 5.53. The van der Waals surface area contributed by atoms with Gasteiger partial charge < -0.3 is 0 Å². The molecule has 3 atom stereocenters. The van der Waals surface area contributed by atoms with Crippen molar-refractivity contribution in [3.8, 4) is 11.1 Å². The molecule has 0 nitrogen and oxygen atoms in total. The minimum absolute atomic E-state index is 0.139. The van der Waals surface area contributed by atoms with Crippen molar-refractivity contribution in [2.45, 2.75) is 64.0 Å². The molecule has 5 heteroatoms. The standard InChI is InChI=1S/C26H27F5/c1-2-3-4-5-16-6-12-20-18(14-16)9-13-21-22(20)15-23(27)24(25(21)28)17-7-10-19(11-8-17)26(29,30)31/h2-3,7-8,10-11,15-16,18,20H,4-6,9,12-14H2,1H3/b3-2+. The number of halogens is 5. The molecule has 2 aliphatic carbocycles. The molecule has 1 saturated carbocycles. The third kappa shape index (κ3) is 4.42. The molecule has 0 aromatic heterocycles. The van der Waals surface area contributed by atoms with Crippen LogP contribution in [-0.4, -0.2) is 0 Å². The van der Waals surface area contributed by atoms with Gasteiger partial charge in [-0.1, -0.05) is 24.3 Å². The molecule has 0 heterocycles. The van der Waals surface area contributed by atoms with E-state index in [-0.39, 0.29) is 17.0 Å². The van der Waals surface area contributed by atoms with Gasteiger partial charge in [-0.25, -0.2) is 8.78 Å². The summed E-state index contributed by atoms with van der Waals surface area (Å²) in [6.45, 7) is 2.02. The first-order chi connectivity index (χ1) is 14.8. The lowest BCUT2D eigenvalue weighted by atomic mass is 9.64. The first-order valence-corrected chi connectivity index (χ1v) is 11.1. The summed E-state index contributed by atoms with van der Waals surface area (Å²) in [5.41, 5.74) is 0.411. The number of alkyl halides is 3. The van der Waals surface area contributed by atoms with Crippen LogP contribution in [0.5, 0.6) is 0 Å². The van der Waals surface area contributed by atoms with Crippen LogP contribution in [0.4, 0.5) is 22.0 Å². The van der Waals surface area contributed by atoms with E-state index in [2.05, 4.69) is 12.2 Å². The van der Waals surface area contributed by atoms with E-state index in [1.54, 1.807) is 0 Å². The molecule has 2 aromatic rings. The van der Waals surface area contributed by atoms with Gasteiger partial charge in [0.1, 0.15) is 11.6 Å². The highest BCUT2D eigenvalue weighted by atomic mass is 19.4. The van der Waals surface area contributed by atoms with Crippen LogP contribution in [0.2, 0.25) is 0 Å². The summed E-state index contributed by atoms with van der Waals surface area (Å²) < 4.78 is 68.9. The lowest BCUT2D eigenvalue weighted by Crippen LogP contribution is -2.29. The average molecular weight is 434 g/mol. The largest absolute Gasteiger partial charge is 0.416 e. The number of allylic oxidation sites excluding steroid dienone is 2. The summed E-state index contributed by atoms with van der Waals surface area (Å²) in [6.07, 6.45) is 6.57. The van der Waals surface area contributed by atoms with E-state index in [0.29, 0.717) is 23.8 Å². The van der Waals surface area contributed by atoms with Crippen molar-refractivity contribution in [1.82, 2.24) is 0 Å². The van der Waals surface area contributed by atoms with Crippen LogP contribution < -0.4 is 0 Å². The van der Waals surface area contributed by atoms with Crippen molar-refractivity contribution in [3.05, 3.63) is 70.8 Å². The first-order valence-electron chi connectivity index (χ1n) is 11.1. The van der Waals surface area contributed by atoms with E-state index in [9.17, 15) is 13.2 Å². The van der Waals surface area contributed by atoms with Crippen molar-refractivity contribution >= 4 is 0 Å². The van der Waals surface area contributed by atoms with E-state index in [4.69, 9.17) is 0 Å². The molecule has 0 saturated heterocycles. The number of rotatable bonds is 4. The second-order valence-corrected chi connectivity index (χ2v) is 8.92. The topological polar surface area (TPSA) is 0 Å². The molecule has 0 amide bonds. The Bertz CT molecular complexity index is 955. The summed E-state index contributed by atoms with van der Waals surface area (Å²) in [5.74, 6) is -0.00431. The zero-order valence-electron chi connectivity index (χ0n) is 17.6. The monoisotopic (exact) mass is 434 g/mol. The molecule has 2 aliphatic rings. The van der Waals surface area contributed by atoms with Crippen LogP contribution >= 0.6 is 0 Å². The summed E-state index contributed by atoms with van der Waals surface area (Å²) in [4.78, 5) is 0. The SMILES string of the molecule is C/C=C/CCC1CCC2c3cc(F)c(-c4ccc(C(F)(F)F)cc4)c(F)c3CCC2C1. The third-order valence-corrected chi connectivity index (χ3v) is 7.09. The Labute approximate surface area is 180 Å². The number of hydrogen-bond acceptors (Lipinski definition) is 0. The lowest BCUT2D eigenvalue weighted by Gasteiger charge is -2.41. The quantitative estimate of drug-likeness (QED) is 0.334. The number of benzene rings is 2. The van der Waals surface area contributed by atoms with Crippen molar-refractivity contribution in [2.75, 3.05) is 0 Å². The molecule has 3 unspecified atom stereocenters. The Kier molecular flexibility index (Phi) is 6.23. The van der Waals surface area contributed by atoms with Crippen LogP contribution in [0.25, 0.3) is 11.1 Å². The summed E-state index contributed by atoms with van der Waals surface area (Å²) in [7, 11) is 0. The Morgan fingerprint density at radius 3 is 2.45 bits per heavy atom. The zero-order chi connectivity index (χ0) is 22.2. The van der Waals surface area contributed by atoms with Crippen LogP contribution in [-0.2, 0) is 12.6 Å². The second-order valence-electron chi connectivity index (χ2n) is 8.92. The van der Waals surface area contributed by atoms with Gasteiger partial charge in [0.2, 0.25) is 0 Å². The fraction of sp³-hybridized carbons (Fsp3) is 0.462. The fourth-order valence-corrected chi connectivity index (χ4v) is 5.53. The maximum atomic E-state index is 15.4. The highest BCUT2D eigenvalue weighted by molar-refractivity contribution is 5.67. The van der Waals surface area contributed by atoms with Gasteiger partial charge in [0.25, 0.3) is 0 Å². The summed E-state index contributed by atoms with van der Waals surface area (Å²) in [5, 5.41) is 0. The van der Waals surface area contributed by atoms with Gasteiger partial charge in [-0.2, -0.15) is 13.2 Å². The van der Waals surface area contributed by atoms with Crippen molar-refractivity contribution in [3.63, 3.8) is 0 Å². The Morgan fingerprint density at radius 2 is 1.77 bits per heavy atom. The molecule has 0 spiro atoms. The number of hydrogen-bond donors (Lipinski definition) is 0. The zero-order valence-corrected chi connectivity index (χ0v) is 17.6. The van der Waals surface area contributed by atoms with Gasteiger partial charge in [-0.05, 0) is 105 Å². The minimum atomic E-state index is -4.48. The van der Waals surface area contributed by atoms with Crippen LogP contribution in [0.1, 0.15) is 68.1 Å². The van der Waals surface area contributed by atoms with Gasteiger partial charge in [0.05, 0.1) is 11.1 Å². The minimum Gasteiger partial charge on any atom is -0.206 e. The maximum absolute atomic E-state index is 15.4. The van der Waals surface area contributed by atoms with Crippen LogP contribution in [0.15, 0.2) is 42.5 Å². The molecular weight excluding hydrogens is 407 g/mol. The molecular formula is C26H27F5. The van der Waals surface area contributed by atoms with Gasteiger partial charge in [0.15, 0.2) is 0 Å². The van der Waals surface area contributed by atoms with Crippen molar-refractivity contribution < 1.29 is 22.0 Å². The van der Waals surface area contributed by atoms with Gasteiger partial charge in [-0.15, -0.1) is 0 Å². The predicted molar refractivity (Wildman–Crippen MR) is 113 cm³/mol. The Balaban J connectivity index is 1.60. The maximum Gasteiger partial charge on any atom is 0.416 e.